The van der Waals surface area contributed by atoms with E-state index in [1.807, 2.05) is 12.1 Å². The van der Waals surface area contributed by atoms with Crippen molar-refractivity contribution in [2.45, 2.75) is 47.1 Å². The van der Waals surface area contributed by atoms with Gasteiger partial charge in [-0.25, -0.2) is 0 Å². The highest BCUT2D eigenvalue weighted by Crippen LogP contribution is 2.28. The Morgan fingerprint density at radius 3 is 2.11 bits per heavy atom. The fourth-order valence-electron chi connectivity index (χ4n) is 1.85. The van der Waals surface area contributed by atoms with E-state index in [-0.39, 0.29) is 11.5 Å². The van der Waals surface area contributed by atoms with Gasteiger partial charge >= 0.3 is 0 Å². The zero-order valence-electron chi connectivity index (χ0n) is 12.4. The summed E-state index contributed by atoms with van der Waals surface area (Å²) in [6.45, 7) is 11.7. The Balaban J connectivity index is 2.59. The van der Waals surface area contributed by atoms with Gasteiger partial charge in [-0.3, -0.25) is 0 Å². The molecule has 0 heterocycles. The van der Waals surface area contributed by atoms with Gasteiger partial charge in [-0.05, 0) is 35.4 Å². The van der Waals surface area contributed by atoms with Crippen LogP contribution in [0.5, 0.6) is 5.75 Å². The summed E-state index contributed by atoms with van der Waals surface area (Å²) in [5.74, 6) is 1.48. The van der Waals surface area contributed by atoms with Crippen LogP contribution in [0.25, 0.3) is 0 Å². The van der Waals surface area contributed by atoms with E-state index < -0.39 is 0 Å². The maximum absolute atomic E-state index is 6.21. The first-order chi connectivity index (χ1) is 8.28. The van der Waals surface area contributed by atoms with Crippen molar-refractivity contribution in [1.29, 1.82) is 0 Å². The molecule has 1 aromatic rings. The van der Waals surface area contributed by atoms with Crippen LogP contribution in [0.15, 0.2) is 24.3 Å². The minimum absolute atomic E-state index is 0.101. The van der Waals surface area contributed by atoms with Crippen LogP contribution in [0.2, 0.25) is 0 Å². The maximum Gasteiger partial charge on any atom is 0.119 e. The average Bonchev–Trinajstić information content (AvgIpc) is 2.24. The van der Waals surface area contributed by atoms with Gasteiger partial charge in [0, 0.05) is 6.04 Å². The molecule has 0 amide bonds. The molecule has 0 saturated carbocycles. The van der Waals surface area contributed by atoms with Gasteiger partial charge in [0.15, 0.2) is 0 Å². The number of hydrogen-bond donors (Lipinski definition) is 1. The monoisotopic (exact) mass is 249 g/mol. The van der Waals surface area contributed by atoms with Crippen molar-refractivity contribution < 1.29 is 4.74 Å². The average molecular weight is 249 g/mol. The van der Waals surface area contributed by atoms with Crippen molar-refractivity contribution in [3.05, 3.63) is 29.8 Å². The van der Waals surface area contributed by atoms with E-state index in [4.69, 9.17) is 10.5 Å². The first-order valence-electron chi connectivity index (χ1n) is 6.76. The summed E-state index contributed by atoms with van der Waals surface area (Å²) in [4.78, 5) is 0. The van der Waals surface area contributed by atoms with Crippen molar-refractivity contribution in [3.8, 4) is 5.75 Å². The summed E-state index contributed by atoms with van der Waals surface area (Å²) >= 11 is 0. The molecule has 0 spiro atoms. The van der Waals surface area contributed by atoms with E-state index >= 15 is 0 Å². The van der Waals surface area contributed by atoms with Crippen molar-refractivity contribution >= 4 is 0 Å². The van der Waals surface area contributed by atoms with Gasteiger partial charge < -0.3 is 10.5 Å². The second-order valence-electron chi connectivity index (χ2n) is 6.65. The Kier molecular flexibility index (Phi) is 5.21. The third kappa shape index (κ3) is 5.54. The third-order valence-electron chi connectivity index (χ3n) is 2.72. The topological polar surface area (TPSA) is 35.2 Å². The van der Waals surface area contributed by atoms with Crippen molar-refractivity contribution in [2.24, 2.45) is 17.1 Å². The molecule has 1 rings (SSSR count). The lowest BCUT2D eigenvalue weighted by Gasteiger charge is -2.23. The molecule has 18 heavy (non-hydrogen) atoms. The normalized spacial score (nSPS) is 13.7. The Hall–Kier alpha value is -1.02. The van der Waals surface area contributed by atoms with E-state index in [9.17, 15) is 0 Å². The molecule has 0 aliphatic rings. The molecule has 102 valence electrons. The van der Waals surface area contributed by atoms with Crippen molar-refractivity contribution in [3.63, 3.8) is 0 Å². The number of nitrogens with two attached hydrogens (primary N) is 1. The lowest BCUT2D eigenvalue weighted by molar-refractivity contribution is 0.271. The van der Waals surface area contributed by atoms with Crippen LogP contribution >= 0.6 is 0 Å². The molecule has 0 saturated heterocycles. The zero-order valence-corrected chi connectivity index (χ0v) is 12.4. The molecule has 1 aromatic carbocycles. The van der Waals surface area contributed by atoms with Crippen LogP contribution in [0.3, 0.4) is 0 Å². The molecule has 1 unspecified atom stereocenters. The van der Waals surface area contributed by atoms with Crippen molar-refractivity contribution in [2.75, 3.05) is 6.61 Å². The molecule has 2 nitrogen and oxygen atoms in total. The van der Waals surface area contributed by atoms with Crippen LogP contribution in [0.1, 0.15) is 52.6 Å². The van der Waals surface area contributed by atoms with Gasteiger partial charge in [-0.1, -0.05) is 46.8 Å². The standard InChI is InChI=1S/C16H27NO/c1-12(2)11-18-14-8-6-13(7-9-14)15(17)10-16(3,4)5/h6-9,12,15H,10-11,17H2,1-5H3. The van der Waals surface area contributed by atoms with E-state index in [0.29, 0.717) is 5.92 Å². The molecule has 2 N–H and O–H groups in total. The maximum atomic E-state index is 6.21. The van der Waals surface area contributed by atoms with E-state index in [1.54, 1.807) is 0 Å². The van der Waals surface area contributed by atoms with Crippen LogP contribution in [0.4, 0.5) is 0 Å². The predicted octanol–water partition coefficient (Wildman–Crippen LogP) is 4.16. The predicted molar refractivity (Wildman–Crippen MR) is 77.8 cm³/mol. The van der Waals surface area contributed by atoms with Gasteiger partial charge in [-0.2, -0.15) is 0 Å². The molecule has 0 radical (unpaired) electrons. The van der Waals surface area contributed by atoms with Crippen LogP contribution in [-0.2, 0) is 0 Å². The lowest BCUT2D eigenvalue weighted by atomic mass is 9.86. The summed E-state index contributed by atoms with van der Waals surface area (Å²) in [6, 6.07) is 8.28. The SMILES string of the molecule is CC(C)COc1ccc(C(N)CC(C)(C)C)cc1. The van der Waals surface area contributed by atoms with E-state index in [2.05, 4.69) is 46.8 Å². The van der Waals surface area contributed by atoms with Gasteiger partial charge in [-0.15, -0.1) is 0 Å². The minimum Gasteiger partial charge on any atom is -0.493 e. The highest BCUT2D eigenvalue weighted by atomic mass is 16.5. The molecule has 0 fully saturated rings. The minimum atomic E-state index is 0.101. The van der Waals surface area contributed by atoms with Crippen molar-refractivity contribution in [1.82, 2.24) is 0 Å². The summed E-state index contributed by atoms with van der Waals surface area (Å²) in [6.07, 6.45) is 0.985. The highest BCUT2D eigenvalue weighted by Gasteiger charge is 2.16. The lowest BCUT2D eigenvalue weighted by Crippen LogP contribution is -2.18. The molecule has 0 bridgehead atoms. The largest absolute Gasteiger partial charge is 0.493 e. The number of rotatable bonds is 5. The molecule has 1 atom stereocenters. The summed E-state index contributed by atoms with van der Waals surface area (Å²) < 4.78 is 5.66. The van der Waals surface area contributed by atoms with Crippen LogP contribution in [-0.4, -0.2) is 6.61 Å². The summed E-state index contributed by atoms with van der Waals surface area (Å²) in [7, 11) is 0. The van der Waals surface area contributed by atoms with Crippen LogP contribution in [0, 0.1) is 11.3 Å². The highest BCUT2D eigenvalue weighted by molar-refractivity contribution is 5.29. The molecular weight excluding hydrogens is 222 g/mol. The molecule has 2 heteroatoms. The summed E-state index contributed by atoms with van der Waals surface area (Å²) in [5, 5.41) is 0. The smallest absolute Gasteiger partial charge is 0.119 e. The van der Waals surface area contributed by atoms with Gasteiger partial charge in [0.05, 0.1) is 6.61 Å². The first-order valence-corrected chi connectivity index (χ1v) is 6.76. The van der Waals surface area contributed by atoms with Gasteiger partial charge in [0.1, 0.15) is 5.75 Å². The molecule has 0 aliphatic carbocycles. The second kappa shape index (κ2) is 6.24. The van der Waals surface area contributed by atoms with Gasteiger partial charge in [0.25, 0.3) is 0 Å². The number of hydrogen-bond acceptors (Lipinski definition) is 2. The Morgan fingerprint density at radius 2 is 1.67 bits per heavy atom. The Labute approximate surface area is 112 Å². The number of benzene rings is 1. The zero-order chi connectivity index (χ0) is 13.8. The van der Waals surface area contributed by atoms with E-state index in [0.717, 1.165) is 18.8 Å². The Bertz CT molecular complexity index is 348. The second-order valence-corrected chi connectivity index (χ2v) is 6.65. The molecular formula is C16H27NO. The molecule has 0 aromatic heterocycles. The number of ether oxygens (including phenoxy) is 1. The fraction of sp³-hybridized carbons (Fsp3) is 0.625. The molecule has 0 aliphatic heterocycles. The Morgan fingerprint density at radius 1 is 1.11 bits per heavy atom. The van der Waals surface area contributed by atoms with Crippen LogP contribution < -0.4 is 10.5 Å². The van der Waals surface area contributed by atoms with Gasteiger partial charge in [0.2, 0.25) is 0 Å². The fourth-order valence-corrected chi connectivity index (χ4v) is 1.85. The van der Waals surface area contributed by atoms with E-state index in [1.165, 1.54) is 5.56 Å². The first kappa shape index (κ1) is 15.0. The third-order valence-corrected chi connectivity index (χ3v) is 2.72. The quantitative estimate of drug-likeness (QED) is 0.850. The summed E-state index contributed by atoms with van der Waals surface area (Å²) in [5.41, 5.74) is 7.65.